The largest absolute Gasteiger partial charge is 0.314 e. The Labute approximate surface area is 451 Å². The number of aromatic nitrogens is 1. The van der Waals surface area contributed by atoms with E-state index in [1.165, 1.54) is 78.1 Å². The third kappa shape index (κ3) is 8.18. The molecule has 0 saturated heterocycles. The molecule has 0 amide bonds. The molecule has 0 fully saturated rings. The zero-order valence-electron chi connectivity index (χ0n) is 43.0. The molecule has 4 nitrogen and oxygen atoms in total. The molecular weight excluding hydrogens is 933 g/mol. The molecule has 2 aliphatic carbocycles. The van der Waals surface area contributed by atoms with Gasteiger partial charge in [-0.15, -0.1) is 0 Å². The van der Waals surface area contributed by atoms with Crippen LogP contribution in [0.3, 0.4) is 0 Å². The highest BCUT2D eigenvalue weighted by Gasteiger charge is 2.46. The van der Waals surface area contributed by atoms with Crippen LogP contribution in [0.4, 0.5) is 39.8 Å². The van der Waals surface area contributed by atoms with Crippen molar-refractivity contribution in [3.8, 4) is 33.4 Å². The van der Waals surface area contributed by atoms with E-state index in [9.17, 15) is 0 Å². The molecule has 4 heteroatoms. The molecule has 10 aromatic carbocycles. The van der Waals surface area contributed by atoms with Crippen LogP contribution in [0.1, 0.15) is 31.7 Å². The third-order valence-corrected chi connectivity index (χ3v) is 16.0. The summed E-state index contributed by atoms with van der Waals surface area (Å²) < 4.78 is 2.47. The number of anilines is 7. The highest BCUT2D eigenvalue weighted by atomic mass is 15.2. The first-order valence-electron chi connectivity index (χ1n) is 26.9. The summed E-state index contributed by atoms with van der Waals surface area (Å²) in [5, 5.41) is 2.50. The zero-order chi connectivity index (χ0) is 51.3. The number of allylic oxidation sites excluding steroid dienone is 8. The molecule has 14 rings (SSSR count). The Kier molecular flexibility index (Phi) is 11.5. The van der Waals surface area contributed by atoms with E-state index in [1.807, 2.05) is 0 Å². The number of fused-ring (bicyclic) bond motifs is 6. The lowest BCUT2D eigenvalue weighted by Gasteiger charge is -2.38. The fourth-order valence-electron chi connectivity index (χ4n) is 12.3. The van der Waals surface area contributed by atoms with Gasteiger partial charge in [-0.25, -0.2) is 0 Å². The van der Waals surface area contributed by atoms with Gasteiger partial charge in [-0.3, -0.25) is 0 Å². The molecule has 3 aliphatic rings. The topological polar surface area (TPSA) is 14.7 Å². The van der Waals surface area contributed by atoms with Crippen molar-refractivity contribution in [1.82, 2.24) is 4.57 Å². The molecule has 11 aromatic rings. The maximum atomic E-state index is 2.48. The molecule has 77 heavy (non-hydrogen) atoms. The van der Waals surface area contributed by atoms with Gasteiger partial charge < -0.3 is 19.3 Å². The van der Waals surface area contributed by atoms with Crippen LogP contribution in [0, 0.1) is 0 Å². The van der Waals surface area contributed by atoms with Gasteiger partial charge in [0.25, 0.3) is 0 Å². The van der Waals surface area contributed by atoms with Gasteiger partial charge >= 0.3 is 0 Å². The summed E-state index contributed by atoms with van der Waals surface area (Å²) in [7, 11) is 0. The minimum Gasteiger partial charge on any atom is -0.314 e. The van der Waals surface area contributed by atoms with Crippen LogP contribution in [0.25, 0.3) is 60.9 Å². The van der Waals surface area contributed by atoms with E-state index in [4.69, 9.17) is 0 Å². The predicted molar refractivity (Wildman–Crippen MR) is 325 cm³/mol. The lowest BCUT2D eigenvalue weighted by atomic mass is 9.75. The molecule has 1 unspecified atom stereocenters. The van der Waals surface area contributed by atoms with Crippen molar-refractivity contribution in [2.75, 3.05) is 14.7 Å². The molecule has 0 N–H and O–H groups in total. The Bertz CT molecular complexity index is 4130. The number of nitrogens with zero attached hydrogens (tertiary/aromatic N) is 4. The number of rotatable bonds is 11. The van der Waals surface area contributed by atoms with Gasteiger partial charge in [-0.1, -0.05) is 176 Å². The molecule has 0 bridgehead atoms. The Balaban J connectivity index is 0.843. The van der Waals surface area contributed by atoms with Gasteiger partial charge in [-0.05, 0) is 168 Å². The van der Waals surface area contributed by atoms with Crippen LogP contribution < -0.4 is 14.7 Å². The van der Waals surface area contributed by atoms with E-state index in [0.717, 1.165) is 58.8 Å². The highest BCUT2D eigenvalue weighted by molar-refractivity contribution is 6.11. The van der Waals surface area contributed by atoms with Crippen LogP contribution >= 0.6 is 0 Å². The van der Waals surface area contributed by atoms with E-state index in [-0.39, 0.29) is 5.41 Å². The molecular formula is C73H56N4. The standard InChI is InChI=1S/C73H56N4/c1-73-51-65(45-47-72(73)77(59-28-12-5-13-29-59)71-35-17-15-33-68(71)73)75(63-31-19-25-57(49-63)53-22-8-3-9-23-53)61-42-38-55(39-43-61)54-36-40-60(41-37-54)74(62-30-18-24-56(48-62)52-20-6-2-7-21-52)64-44-46-70-67(50-64)66-32-14-16-34-69(66)76(70)58-26-10-4-11-27-58/h2-10,12-26,28-50H,11,27,51H2,1H3. The van der Waals surface area contributed by atoms with Crippen molar-refractivity contribution in [3.05, 3.63) is 302 Å². The van der Waals surface area contributed by atoms with Gasteiger partial charge in [0, 0.05) is 79.5 Å². The van der Waals surface area contributed by atoms with Crippen LogP contribution in [0.2, 0.25) is 0 Å². The SMILES string of the molecule is CC12CC(N(c3ccc(-c4ccc(N(c5cccc(-c6ccccc6)c5)c5ccc6c(c5)c5ccccc5n6C5=CC=CCC5)cc4)cc3)c3cccc(-c4ccccc4)c3)=CC=C1N(c1ccccc1)c1ccccc12. The van der Waals surface area contributed by atoms with Crippen molar-refractivity contribution < 1.29 is 0 Å². The van der Waals surface area contributed by atoms with Crippen molar-refractivity contribution in [1.29, 1.82) is 0 Å². The lowest BCUT2D eigenvalue weighted by Crippen LogP contribution is -2.32. The molecule has 0 saturated carbocycles. The van der Waals surface area contributed by atoms with Crippen LogP contribution in [-0.2, 0) is 5.41 Å². The summed E-state index contributed by atoms with van der Waals surface area (Å²) >= 11 is 0. The Morgan fingerprint density at radius 3 is 1.60 bits per heavy atom. The average molecular weight is 989 g/mol. The molecule has 1 aliphatic heterocycles. The van der Waals surface area contributed by atoms with Crippen molar-refractivity contribution in [2.45, 2.75) is 31.6 Å². The average Bonchev–Trinajstić information content (AvgIpc) is 4.05. The second-order valence-corrected chi connectivity index (χ2v) is 20.7. The minimum atomic E-state index is -0.251. The number of para-hydroxylation sites is 3. The smallest absolute Gasteiger partial charge is 0.0539 e. The molecule has 2 heterocycles. The van der Waals surface area contributed by atoms with Gasteiger partial charge in [0.2, 0.25) is 0 Å². The second kappa shape index (κ2) is 19.2. The first-order chi connectivity index (χ1) is 38.1. The Morgan fingerprint density at radius 1 is 0.403 bits per heavy atom. The van der Waals surface area contributed by atoms with Crippen LogP contribution in [0.5, 0.6) is 0 Å². The van der Waals surface area contributed by atoms with Gasteiger partial charge in [0.05, 0.1) is 11.0 Å². The first-order valence-corrected chi connectivity index (χ1v) is 26.9. The van der Waals surface area contributed by atoms with Crippen LogP contribution in [0.15, 0.2) is 297 Å². The Morgan fingerprint density at radius 2 is 0.935 bits per heavy atom. The summed E-state index contributed by atoms with van der Waals surface area (Å²) in [5.41, 5.74) is 22.5. The normalized spacial score (nSPS) is 15.6. The summed E-state index contributed by atoms with van der Waals surface area (Å²) in [6.45, 7) is 2.42. The summed E-state index contributed by atoms with van der Waals surface area (Å²) in [6, 6.07) is 93.2. The van der Waals surface area contributed by atoms with E-state index in [1.54, 1.807) is 0 Å². The summed E-state index contributed by atoms with van der Waals surface area (Å²) in [6.07, 6.45) is 14.3. The summed E-state index contributed by atoms with van der Waals surface area (Å²) in [4.78, 5) is 7.34. The summed E-state index contributed by atoms with van der Waals surface area (Å²) in [5.74, 6) is 0. The van der Waals surface area contributed by atoms with E-state index >= 15 is 0 Å². The number of benzene rings is 10. The maximum absolute atomic E-state index is 2.48. The van der Waals surface area contributed by atoms with Gasteiger partial charge in [0.15, 0.2) is 0 Å². The van der Waals surface area contributed by atoms with Crippen molar-refractivity contribution in [2.24, 2.45) is 0 Å². The fourth-order valence-corrected chi connectivity index (χ4v) is 12.3. The third-order valence-electron chi connectivity index (χ3n) is 16.0. The Hall–Kier alpha value is -9.64. The van der Waals surface area contributed by atoms with Crippen molar-refractivity contribution in [3.63, 3.8) is 0 Å². The molecule has 0 spiro atoms. The van der Waals surface area contributed by atoms with E-state index in [0.29, 0.717) is 0 Å². The van der Waals surface area contributed by atoms with Crippen molar-refractivity contribution >= 4 is 67.3 Å². The quantitative estimate of drug-likeness (QED) is 0.128. The first kappa shape index (κ1) is 45.9. The second-order valence-electron chi connectivity index (χ2n) is 20.7. The van der Waals surface area contributed by atoms with Gasteiger partial charge in [-0.2, -0.15) is 0 Å². The van der Waals surface area contributed by atoms with E-state index in [2.05, 4.69) is 311 Å². The highest BCUT2D eigenvalue weighted by Crippen LogP contribution is 2.56. The monoisotopic (exact) mass is 988 g/mol. The molecule has 0 radical (unpaired) electrons. The lowest BCUT2D eigenvalue weighted by molar-refractivity contribution is 0.554. The molecule has 368 valence electrons. The minimum absolute atomic E-state index is 0.251. The number of hydrogen-bond donors (Lipinski definition) is 0. The van der Waals surface area contributed by atoms with E-state index < -0.39 is 0 Å². The maximum Gasteiger partial charge on any atom is 0.0539 e. The number of hydrogen-bond acceptors (Lipinski definition) is 3. The zero-order valence-corrected chi connectivity index (χ0v) is 43.0. The predicted octanol–water partition coefficient (Wildman–Crippen LogP) is 19.9. The van der Waals surface area contributed by atoms with Gasteiger partial charge in [0.1, 0.15) is 0 Å². The molecule has 1 atom stereocenters. The molecule has 1 aromatic heterocycles. The fraction of sp³-hybridized carbons (Fsp3) is 0.0685. The van der Waals surface area contributed by atoms with Crippen LogP contribution in [-0.4, -0.2) is 4.57 Å².